The molecule has 0 bridgehead atoms. The molecule has 0 unspecified atom stereocenters. The maximum Gasteiger partial charge on any atom is 0.200 e. The molecule has 17 heavy (non-hydrogen) atoms. The van der Waals surface area contributed by atoms with E-state index in [-0.39, 0.29) is 17.4 Å². The van der Waals surface area contributed by atoms with Crippen molar-refractivity contribution in [3.05, 3.63) is 40.6 Å². The van der Waals surface area contributed by atoms with Gasteiger partial charge in [-0.15, -0.1) is 11.6 Å². The predicted molar refractivity (Wildman–Crippen MR) is 65.6 cm³/mol. The fraction of sp³-hybridized carbons (Fsp3) is 0.364. The summed E-state index contributed by atoms with van der Waals surface area (Å²) in [4.78, 5) is 11.2. The normalized spacial score (nSPS) is 11.1. The van der Waals surface area contributed by atoms with Gasteiger partial charge in [0.1, 0.15) is 5.69 Å². The fourth-order valence-corrected chi connectivity index (χ4v) is 1.69. The van der Waals surface area contributed by atoms with E-state index in [1.165, 1.54) is 12.3 Å². The smallest absolute Gasteiger partial charge is 0.200 e. The molecule has 0 spiro atoms. The Kier molecular flexibility index (Phi) is 3.28. The van der Waals surface area contributed by atoms with Crippen molar-refractivity contribution in [3.63, 3.8) is 0 Å². The van der Waals surface area contributed by atoms with Crippen molar-refractivity contribution in [2.75, 3.05) is 0 Å². The molecule has 2 aromatic heterocycles. The lowest BCUT2D eigenvalue weighted by molar-refractivity contribution is 0.532. The van der Waals surface area contributed by atoms with Gasteiger partial charge in [0.15, 0.2) is 5.43 Å². The third kappa shape index (κ3) is 2.39. The summed E-state index contributed by atoms with van der Waals surface area (Å²) in [6.45, 7) is 4.08. The Morgan fingerprint density at radius 3 is 2.71 bits per heavy atom. The molecule has 0 N–H and O–H groups in total. The molecular formula is C11H13ClN4O. The highest BCUT2D eigenvalue weighted by atomic mass is 35.5. The molecule has 6 heteroatoms. The third-order valence-electron chi connectivity index (χ3n) is 2.38. The molecular weight excluding hydrogens is 240 g/mol. The van der Waals surface area contributed by atoms with Crippen molar-refractivity contribution in [2.24, 2.45) is 0 Å². The molecule has 0 aromatic carbocycles. The number of aromatic nitrogens is 4. The van der Waals surface area contributed by atoms with E-state index < -0.39 is 0 Å². The number of hydrogen-bond donors (Lipinski definition) is 0. The lowest BCUT2D eigenvalue weighted by Crippen LogP contribution is -2.12. The highest BCUT2D eigenvalue weighted by Crippen LogP contribution is 2.11. The Morgan fingerprint density at radius 2 is 2.12 bits per heavy atom. The highest BCUT2D eigenvalue weighted by molar-refractivity contribution is 6.16. The first kappa shape index (κ1) is 11.9. The monoisotopic (exact) mass is 252 g/mol. The van der Waals surface area contributed by atoms with Crippen LogP contribution in [0.1, 0.15) is 25.6 Å². The summed E-state index contributed by atoms with van der Waals surface area (Å²) >= 11 is 5.80. The zero-order valence-corrected chi connectivity index (χ0v) is 10.4. The van der Waals surface area contributed by atoms with Gasteiger partial charge in [0.2, 0.25) is 0 Å². The lowest BCUT2D eigenvalue weighted by atomic mass is 10.4. The Balaban J connectivity index is 2.48. The summed E-state index contributed by atoms with van der Waals surface area (Å²) in [5.74, 6) is 0.232. The standard InChI is InChI=1S/C11H13ClN4O/c1-8(2)15-7-10(5-13-15)16-9(4-12)3-11(17)6-14-16/h3,5-8H,4H2,1-2H3. The SMILES string of the molecule is CC(C)n1cc(-n2ncc(=O)cc2CCl)cn1. The molecule has 2 aromatic rings. The number of hydrogen-bond acceptors (Lipinski definition) is 3. The van der Waals surface area contributed by atoms with Gasteiger partial charge < -0.3 is 0 Å². The van der Waals surface area contributed by atoms with Crippen LogP contribution in [0, 0.1) is 0 Å². The van der Waals surface area contributed by atoms with E-state index in [2.05, 4.69) is 10.2 Å². The number of nitrogens with zero attached hydrogens (tertiary/aromatic N) is 4. The molecule has 0 amide bonds. The Labute approximate surface area is 104 Å². The van der Waals surface area contributed by atoms with E-state index in [4.69, 9.17) is 11.6 Å². The second-order valence-corrected chi connectivity index (χ2v) is 4.27. The number of rotatable bonds is 3. The minimum Gasteiger partial charge on any atom is -0.288 e. The van der Waals surface area contributed by atoms with Gasteiger partial charge in [-0.1, -0.05) is 0 Å². The Bertz CT molecular complexity index is 573. The van der Waals surface area contributed by atoms with E-state index in [1.54, 1.807) is 10.9 Å². The topological polar surface area (TPSA) is 52.7 Å². The van der Waals surface area contributed by atoms with Gasteiger partial charge in [0.25, 0.3) is 0 Å². The number of alkyl halides is 1. The zero-order valence-electron chi connectivity index (χ0n) is 9.67. The van der Waals surface area contributed by atoms with Gasteiger partial charge in [-0.25, -0.2) is 4.68 Å². The first-order chi connectivity index (χ1) is 8.11. The molecule has 0 radical (unpaired) electrons. The van der Waals surface area contributed by atoms with Crippen molar-refractivity contribution in [1.82, 2.24) is 19.6 Å². The van der Waals surface area contributed by atoms with E-state index in [0.29, 0.717) is 5.69 Å². The molecule has 2 heterocycles. The van der Waals surface area contributed by atoms with Crippen LogP contribution in [0.4, 0.5) is 0 Å². The van der Waals surface area contributed by atoms with Crippen LogP contribution in [0.15, 0.2) is 29.5 Å². The Hall–Kier alpha value is -1.62. The van der Waals surface area contributed by atoms with Crippen LogP contribution in [-0.4, -0.2) is 19.6 Å². The van der Waals surface area contributed by atoms with Crippen LogP contribution < -0.4 is 5.43 Å². The molecule has 2 rings (SSSR count). The second-order valence-electron chi connectivity index (χ2n) is 4.00. The molecule has 0 saturated carbocycles. The first-order valence-electron chi connectivity index (χ1n) is 5.30. The predicted octanol–water partition coefficient (Wildman–Crippen LogP) is 1.75. The summed E-state index contributed by atoms with van der Waals surface area (Å²) in [5.41, 5.74) is 1.31. The summed E-state index contributed by atoms with van der Waals surface area (Å²) < 4.78 is 3.45. The Morgan fingerprint density at radius 1 is 1.35 bits per heavy atom. The molecule has 0 aliphatic rings. The zero-order chi connectivity index (χ0) is 12.4. The van der Waals surface area contributed by atoms with Gasteiger partial charge in [-0.3, -0.25) is 9.48 Å². The first-order valence-corrected chi connectivity index (χ1v) is 5.84. The summed E-state index contributed by atoms with van der Waals surface area (Å²) in [7, 11) is 0. The lowest BCUT2D eigenvalue weighted by Gasteiger charge is -2.07. The summed E-state index contributed by atoms with van der Waals surface area (Å²) in [6.07, 6.45) is 4.84. The molecule has 0 atom stereocenters. The molecule has 90 valence electrons. The summed E-state index contributed by atoms with van der Waals surface area (Å²) in [6, 6.07) is 1.76. The quantitative estimate of drug-likeness (QED) is 0.782. The van der Waals surface area contributed by atoms with Crippen LogP contribution in [0.25, 0.3) is 5.69 Å². The van der Waals surface area contributed by atoms with Crippen LogP contribution >= 0.6 is 11.6 Å². The van der Waals surface area contributed by atoms with E-state index in [1.807, 2.05) is 24.7 Å². The van der Waals surface area contributed by atoms with E-state index in [9.17, 15) is 4.79 Å². The second kappa shape index (κ2) is 4.71. The highest BCUT2D eigenvalue weighted by Gasteiger charge is 2.07. The largest absolute Gasteiger partial charge is 0.288 e. The van der Waals surface area contributed by atoms with Crippen LogP contribution in [-0.2, 0) is 5.88 Å². The minimum atomic E-state index is -0.145. The van der Waals surface area contributed by atoms with E-state index >= 15 is 0 Å². The minimum absolute atomic E-state index is 0.145. The molecule has 0 saturated heterocycles. The van der Waals surface area contributed by atoms with Crippen LogP contribution in [0.3, 0.4) is 0 Å². The van der Waals surface area contributed by atoms with Gasteiger partial charge in [0, 0.05) is 12.1 Å². The third-order valence-corrected chi connectivity index (χ3v) is 2.65. The van der Waals surface area contributed by atoms with Gasteiger partial charge >= 0.3 is 0 Å². The summed E-state index contributed by atoms with van der Waals surface area (Å²) in [5, 5.41) is 8.28. The van der Waals surface area contributed by atoms with Crippen molar-refractivity contribution in [3.8, 4) is 5.69 Å². The molecule has 5 nitrogen and oxygen atoms in total. The van der Waals surface area contributed by atoms with Gasteiger partial charge in [-0.05, 0) is 13.8 Å². The van der Waals surface area contributed by atoms with Gasteiger partial charge in [-0.2, -0.15) is 10.2 Å². The van der Waals surface area contributed by atoms with Crippen LogP contribution in [0.5, 0.6) is 0 Å². The fourth-order valence-electron chi connectivity index (χ4n) is 1.50. The van der Waals surface area contributed by atoms with Crippen molar-refractivity contribution in [2.45, 2.75) is 25.8 Å². The van der Waals surface area contributed by atoms with Gasteiger partial charge in [0.05, 0.1) is 30.2 Å². The van der Waals surface area contributed by atoms with E-state index in [0.717, 1.165) is 5.69 Å². The average Bonchev–Trinajstić information content (AvgIpc) is 2.78. The number of halogens is 1. The molecule has 0 fully saturated rings. The maximum atomic E-state index is 11.2. The van der Waals surface area contributed by atoms with Crippen molar-refractivity contribution < 1.29 is 0 Å². The van der Waals surface area contributed by atoms with Crippen LogP contribution in [0.2, 0.25) is 0 Å². The maximum absolute atomic E-state index is 11.2. The molecule has 0 aliphatic heterocycles. The average molecular weight is 253 g/mol. The molecule has 0 aliphatic carbocycles. The van der Waals surface area contributed by atoms with Crippen molar-refractivity contribution >= 4 is 11.6 Å². The van der Waals surface area contributed by atoms with Crippen molar-refractivity contribution in [1.29, 1.82) is 0 Å².